The van der Waals surface area contributed by atoms with Crippen LogP contribution in [0.3, 0.4) is 0 Å². The zero-order valence-corrected chi connectivity index (χ0v) is 15.1. The van der Waals surface area contributed by atoms with Crippen LogP contribution in [0, 0.1) is 0 Å². The summed E-state index contributed by atoms with van der Waals surface area (Å²) in [6.45, 7) is 3.04. The molecular weight excluding hydrogens is 362 g/mol. The molecule has 1 rings (SSSR count). The third kappa shape index (κ3) is 7.45. The lowest BCUT2D eigenvalue weighted by molar-refractivity contribution is -0.148. The van der Waals surface area contributed by atoms with Gasteiger partial charge in [0.1, 0.15) is 0 Å². The van der Waals surface area contributed by atoms with Gasteiger partial charge in [0.2, 0.25) is 10.0 Å². The van der Waals surface area contributed by atoms with Gasteiger partial charge in [-0.25, -0.2) is 17.9 Å². The number of ether oxygens (including phenoxy) is 1. The highest BCUT2D eigenvalue weighted by atomic mass is 32.2. The van der Waals surface area contributed by atoms with Crippen LogP contribution in [0.5, 0.6) is 0 Å². The molecule has 0 spiro atoms. The van der Waals surface area contributed by atoms with E-state index >= 15 is 0 Å². The summed E-state index contributed by atoms with van der Waals surface area (Å²) in [4.78, 5) is 34.4. The van der Waals surface area contributed by atoms with Gasteiger partial charge in [0.15, 0.2) is 6.61 Å². The minimum Gasteiger partial charge on any atom is -0.456 e. The molecule has 0 aliphatic rings. The quantitative estimate of drug-likeness (QED) is 0.409. The second-order valence-corrected chi connectivity index (χ2v) is 6.95. The summed E-state index contributed by atoms with van der Waals surface area (Å²) in [6.07, 6.45) is 1.78. The van der Waals surface area contributed by atoms with Crippen molar-refractivity contribution >= 4 is 27.9 Å². The number of sulfonamides is 1. The molecule has 142 valence electrons. The maximum absolute atomic E-state index is 11.6. The minimum atomic E-state index is -3.50. The molecule has 0 unspecified atom stereocenters. The Balaban J connectivity index is 2.37. The number of aryl methyl sites for hydroxylation is 1. The van der Waals surface area contributed by atoms with Crippen LogP contribution in [0.2, 0.25) is 0 Å². The normalized spacial score (nSPS) is 10.7. The minimum absolute atomic E-state index is 0.00800. The van der Waals surface area contributed by atoms with Gasteiger partial charge in [-0.1, -0.05) is 18.2 Å². The average Bonchev–Trinajstić information content (AvgIpc) is 2.63. The van der Waals surface area contributed by atoms with Crippen LogP contribution in [0.4, 0.5) is 4.79 Å². The van der Waals surface area contributed by atoms with Crippen molar-refractivity contribution in [3.05, 3.63) is 42.5 Å². The van der Waals surface area contributed by atoms with E-state index in [2.05, 4.69) is 16.6 Å². The maximum atomic E-state index is 11.6. The lowest BCUT2D eigenvalue weighted by atomic mass is 10.1. The van der Waals surface area contributed by atoms with Gasteiger partial charge in [0.25, 0.3) is 5.91 Å². The zero-order valence-electron chi connectivity index (χ0n) is 14.3. The van der Waals surface area contributed by atoms with Crippen LogP contribution in [0.25, 0.3) is 0 Å². The standard InChI is InChI=1S/C16H21N3O6S/c1-3-10-18-16(22)19-14(20)11-25-15(21)9-6-12-4-7-13(8-5-12)26(23,24)17-2/h3-5,7-8,17H,1,6,9-11H2,2H3,(H2,18,19,20,22). The Morgan fingerprint density at radius 3 is 2.42 bits per heavy atom. The summed E-state index contributed by atoms with van der Waals surface area (Å²) >= 11 is 0. The molecule has 3 amide bonds. The molecule has 0 saturated carbocycles. The van der Waals surface area contributed by atoms with Gasteiger partial charge < -0.3 is 10.1 Å². The van der Waals surface area contributed by atoms with Crippen molar-refractivity contribution in [2.75, 3.05) is 20.2 Å². The van der Waals surface area contributed by atoms with Gasteiger partial charge in [0, 0.05) is 13.0 Å². The van der Waals surface area contributed by atoms with Crippen LogP contribution in [-0.4, -0.2) is 46.5 Å². The van der Waals surface area contributed by atoms with Crippen LogP contribution < -0.4 is 15.4 Å². The van der Waals surface area contributed by atoms with Gasteiger partial charge in [-0.2, -0.15) is 0 Å². The number of hydrogen-bond donors (Lipinski definition) is 3. The van der Waals surface area contributed by atoms with E-state index in [0.717, 1.165) is 5.56 Å². The maximum Gasteiger partial charge on any atom is 0.321 e. The molecule has 0 saturated heterocycles. The summed E-state index contributed by atoms with van der Waals surface area (Å²) in [6, 6.07) is 5.34. The monoisotopic (exact) mass is 383 g/mol. The van der Waals surface area contributed by atoms with Crippen LogP contribution in [-0.2, 0) is 30.8 Å². The first-order valence-electron chi connectivity index (χ1n) is 7.65. The molecule has 0 atom stereocenters. The summed E-state index contributed by atoms with van der Waals surface area (Å²) < 4.78 is 30.2. The smallest absolute Gasteiger partial charge is 0.321 e. The predicted molar refractivity (Wildman–Crippen MR) is 93.7 cm³/mol. The van der Waals surface area contributed by atoms with Crippen molar-refractivity contribution in [2.24, 2.45) is 0 Å². The molecule has 26 heavy (non-hydrogen) atoms. The molecule has 0 bridgehead atoms. The molecule has 0 radical (unpaired) electrons. The van der Waals surface area contributed by atoms with Gasteiger partial charge >= 0.3 is 12.0 Å². The Hall–Kier alpha value is -2.72. The number of imide groups is 1. The van der Waals surface area contributed by atoms with Crippen molar-refractivity contribution in [2.45, 2.75) is 17.7 Å². The molecule has 3 N–H and O–H groups in total. The van der Waals surface area contributed by atoms with Gasteiger partial charge in [-0.15, -0.1) is 6.58 Å². The molecule has 1 aromatic rings. The number of nitrogens with one attached hydrogen (secondary N) is 3. The molecule has 0 fully saturated rings. The predicted octanol–water partition coefficient (Wildman–Crippen LogP) is 0.0823. The third-order valence-electron chi connectivity index (χ3n) is 3.14. The van der Waals surface area contributed by atoms with Crippen LogP contribution in [0.1, 0.15) is 12.0 Å². The van der Waals surface area contributed by atoms with E-state index in [1.54, 1.807) is 12.1 Å². The van der Waals surface area contributed by atoms with E-state index in [9.17, 15) is 22.8 Å². The second-order valence-electron chi connectivity index (χ2n) is 5.06. The molecule has 0 aliphatic heterocycles. The SMILES string of the molecule is C=CCNC(=O)NC(=O)COC(=O)CCc1ccc(S(=O)(=O)NC)cc1. The average molecular weight is 383 g/mol. The van der Waals surface area contributed by atoms with Crippen molar-refractivity contribution in [1.82, 2.24) is 15.4 Å². The van der Waals surface area contributed by atoms with Crippen molar-refractivity contribution < 1.29 is 27.5 Å². The number of rotatable bonds is 9. The van der Waals surface area contributed by atoms with E-state index in [0.29, 0.717) is 6.42 Å². The van der Waals surface area contributed by atoms with Crippen molar-refractivity contribution in [3.8, 4) is 0 Å². The van der Waals surface area contributed by atoms with E-state index in [-0.39, 0.29) is 17.9 Å². The zero-order chi connectivity index (χ0) is 19.6. The Morgan fingerprint density at radius 2 is 1.85 bits per heavy atom. The van der Waals surface area contributed by atoms with Crippen molar-refractivity contribution in [1.29, 1.82) is 0 Å². The lowest BCUT2D eigenvalue weighted by Crippen LogP contribution is -2.41. The fourth-order valence-electron chi connectivity index (χ4n) is 1.79. The molecule has 9 nitrogen and oxygen atoms in total. The second kappa shape index (κ2) is 10.3. The number of amides is 3. The largest absolute Gasteiger partial charge is 0.456 e. The highest BCUT2D eigenvalue weighted by Crippen LogP contribution is 2.11. The molecule has 10 heteroatoms. The highest BCUT2D eigenvalue weighted by Gasteiger charge is 2.12. The van der Waals surface area contributed by atoms with E-state index in [1.807, 2.05) is 5.32 Å². The van der Waals surface area contributed by atoms with E-state index < -0.39 is 34.5 Å². The fraction of sp³-hybridized carbons (Fsp3) is 0.312. The Labute approximate surface area is 151 Å². The molecule has 0 aromatic heterocycles. The van der Waals surface area contributed by atoms with Crippen LogP contribution >= 0.6 is 0 Å². The molecular formula is C16H21N3O6S. The molecule has 0 aliphatic carbocycles. The van der Waals surface area contributed by atoms with E-state index in [4.69, 9.17) is 4.74 Å². The Kier molecular flexibility index (Phi) is 8.46. The number of carbonyl (C=O) groups is 3. The van der Waals surface area contributed by atoms with Gasteiger partial charge in [-0.05, 0) is 31.2 Å². The number of esters is 1. The summed E-state index contributed by atoms with van der Waals surface area (Å²) in [5, 5.41) is 4.33. The topological polar surface area (TPSA) is 131 Å². The van der Waals surface area contributed by atoms with Crippen molar-refractivity contribution in [3.63, 3.8) is 0 Å². The Morgan fingerprint density at radius 1 is 1.19 bits per heavy atom. The lowest BCUT2D eigenvalue weighted by Gasteiger charge is -2.07. The highest BCUT2D eigenvalue weighted by molar-refractivity contribution is 7.89. The number of hydrogen-bond acceptors (Lipinski definition) is 6. The first kappa shape index (κ1) is 21.3. The van der Waals surface area contributed by atoms with E-state index in [1.165, 1.54) is 25.3 Å². The summed E-state index contributed by atoms with van der Waals surface area (Å²) in [5.41, 5.74) is 0.741. The first-order valence-corrected chi connectivity index (χ1v) is 9.13. The summed E-state index contributed by atoms with van der Waals surface area (Å²) in [7, 11) is -2.19. The number of carbonyl (C=O) groups excluding carboxylic acids is 3. The van der Waals surface area contributed by atoms with Gasteiger partial charge in [-0.3, -0.25) is 14.9 Å². The number of urea groups is 1. The van der Waals surface area contributed by atoms with Gasteiger partial charge in [0.05, 0.1) is 4.90 Å². The van der Waals surface area contributed by atoms with Crippen LogP contribution in [0.15, 0.2) is 41.8 Å². The fourth-order valence-corrected chi connectivity index (χ4v) is 2.52. The Bertz CT molecular complexity index is 759. The number of benzene rings is 1. The molecule has 1 aromatic carbocycles. The molecule has 0 heterocycles. The summed E-state index contributed by atoms with van der Waals surface area (Å²) in [5.74, 6) is -1.36. The third-order valence-corrected chi connectivity index (χ3v) is 4.57. The first-order chi connectivity index (χ1) is 12.3.